The first kappa shape index (κ1) is 17.2. The number of hydrogen-bond donors (Lipinski definition) is 0. The van der Waals surface area contributed by atoms with Crippen LogP contribution >= 0.6 is 11.6 Å². The lowest BCUT2D eigenvalue weighted by atomic mass is 10.1. The van der Waals surface area contributed by atoms with Crippen LogP contribution in [0.15, 0.2) is 40.3 Å². The smallest absolute Gasteiger partial charge is 0.288 e. The summed E-state index contributed by atoms with van der Waals surface area (Å²) in [4.78, 5) is 23.4. The molecule has 0 bridgehead atoms. The summed E-state index contributed by atoms with van der Waals surface area (Å²) in [5.41, 5.74) is 0.148. The van der Waals surface area contributed by atoms with Gasteiger partial charge in [0.15, 0.2) is 0 Å². The fourth-order valence-electron chi connectivity index (χ4n) is 1.92. The Morgan fingerprint density at radius 3 is 2.67 bits per heavy atom. The molecule has 0 unspecified atom stereocenters. The summed E-state index contributed by atoms with van der Waals surface area (Å²) in [6, 6.07) is 9.26. The molecular weight excluding hydrogens is 334 g/mol. The maximum atomic E-state index is 11.8. The number of carbonyl (C=O) groups is 1. The van der Waals surface area contributed by atoms with Gasteiger partial charge < -0.3 is 9.32 Å². The van der Waals surface area contributed by atoms with Crippen LogP contribution in [0.5, 0.6) is 0 Å². The third-order valence-corrected chi connectivity index (χ3v) is 3.42. The molecule has 122 valence electrons. The third kappa shape index (κ3) is 3.62. The van der Waals surface area contributed by atoms with Crippen molar-refractivity contribution < 1.29 is 14.1 Å². The van der Waals surface area contributed by atoms with Crippen LogP contribution in [0.1, 0.15) is 5.76 Å². The van der Waals surface area contributed by atoms with E-state index in [1.807, 2.05) is 6.07 Å². The maximum absolute atomic E-state index is 11.8. The first-order valence-corrected chi connectivity index (χ1v) is 7.09. The third-order valence-electron chi connectivity index (χ3n) is 3.10. The highest BCUT2D eigenvalue weighted by molar-refractivity contribution is 6.32. The van der Waals surface area contributed by atoms with Crippen LogP contribution in [0, 0.1) is 21.4 Å². The molecule has 2 aromatic rings. The zero-order valence-corrected chi connectivity index (χ0v) is 13.6. The first-order valence-electron chi connectivity index (χ1n) is 6.71. The normalized spacial score (nSPS) is 11.0. The molecule has 0 radical (unpaired) electrons. The van der Waals surface area contributed by atoms with E-state index in [-0.39, 0.29) is 22.0 Å². The number of hydrogen-bond acceptors (Lipinski definition) is 5. The second kappa shape index (κ2) is 6.98. The quantitative estimate of drug-likeness (QED) is 0.365. The molecule has 2 rings (SSSR count). The summed E-state index contributed by atoms with van der Waals surface area (Å²) in [5.74, 6) is 0.197. The Hall–Kier alpha value is -3.11. The topological polar surface area (TPSA) is 100 Å². The molecule has 1 amide bonds. The average Bonchev–Trinajstić information content (AvgIpc) is 3.00. The van der Waals surface area contributed by atoms with Gasteiger partial charge in [0, 0.05) is 31.8 Å². The molecule has 8 heteroatoms. The van der Waals surface area contributed by atoms with Crippen molar-refractivity contribution in [3.05, 3.63) is 56.8 Å². The van der Waals surface area contributed by atoms with E-state index in [0.29, 0.717) is 11.3 Å². The summed E-state index contributed by atoms with van der Waals surface area (Å²) in [6.07, 6.45) is 1.32. The Labute approximate surface area is 142 Å². The van der Waals surface area contributed by atoms with E-state index >= 15 is 0 Å². The minimum absolute atomic E-state index is 0.0266. The summed E-state index contributed by atoms with van der Waals surface area (Å²) >= 11 is 5.78. The Kier molecular flexibility index (Phi) is 5.02. The summed E-state index contributed by atoms with van der Waals surface area (Å²) in [6.45, 7) is 0. The zero-order valence-electron chi connectivity index (χ0n) is 12.8. The van der Waals surface area contributed by atoms with E-state index in [0.717, 1.165) is 0 Å². The average molecular weight is 346 g/mol. The molecule has 0 atom stereocenters. The monoisotopic (exact) mass is 345 g/mol. The minimum Gasteiger partial charge on any atom is -0.457 e. The Bertz CT molecular complexity index is 878. The van der Waals surface area contributed by atoms with Crippen molar-refractivity contribution in [2.75, 3.05) is 14.1 Å². The van der Waals surface area contributed by atoms with Crippen molar-refractivity contribution in [2.45, 2.75) is 0 Å². The Balaban J connectivity index is 2.38. The van der Waals surface area contributed by atoms with Crippen LogP contribution in [-0.4, -0.2) is 29.8 Å². The van der Waals surface area contributed by atoms with Gasteiger partial charge in [0.05, 0.1) is 4.92 Å². The van der Waals surface area contributed by atoms with Crippen LogP contribution < -0.4 is 0 Å². The lowest BCUT2D eigenvalue weighted by molar-refractivity contribution is -0.384. The number of nitrogens with zero attached hydrogens (tertiary/aromatic N) is 3. The fourth-order valence-corrected chi connectivity index (χ4v) is 2.10. The number of likely N-dealkylation sites (N-methyl/N-ethyl adjacent to an activating group) is 1. The van der Waals surface area contributed by atoms with E-state index in [2.05, 4.69) is 0 Å². The molecule has 24 heavy (non-hydrogen) atoms. The van der Waals surface area contributed by atoms with Gasteiger partial charge in [-0.2, -0.15) is 5.26 Å². The molecule has 0 saturated carbocycles. The second-order valence-electron chi connectivity index (χ2n) is 4.99. The van der Waals surface area contributed by atoms with Gasteiger partial charge in [-0.3, -0.25) is 14.9 Å². The first-order chi connectivity index (χ1) is 11.3. The van der Waals surface area contributed by atoms with E-state index in [1.54, 1.807) is 18.2 Å². The largest absolute Gasteiger partial charge is 0.457 e. The SMILES string of the molecule is CN(C)C(=O)/C(C#N)=C/c1ccc(-c2ccc(Cl)c([N+](=O)[O-])c2)o1. The number of benzene rings is 1. The number of rotatable bonds is 4. The number of nitro benzene ring substituents is 1. The van der Waals surface area contributed by atoms with E-state index in [9.17, 15) is 14.9 Å². The molecule has 0 aliphatic heterocycles. The number of furan rings is 1. The van der Waals surface area contributed by atoms with Crippen molar-refractivity contribution in [1.29, 1.82) is 5.26 Å². The highest BCUT2D eigenvalue weighted by Crippen LogP contribution is 2.31. The van der Waals surface area contributed by atoms with Crippen LogP contribution in [0.4, 0.5) is 5.69 Å². The van der Waals surface area contributed by atoms with Gasteiger partial charge in [-0.25, -0.2) is 0 Å². The van der Waals surface area contributed by atoms with E-state index in [1.165, 1.54) is 37.2 Å². The van der Waals surface area contributed by atoms with Crippen molar-refractivity contribution in [2.24, 2.45) is 0 Å². The Morgan fingerprint density at radius 1 is 1.38 bits per heavy atom. The van der Waals surface area contributed by atoms with E-state index < -0.39 is 10.8 Å². The highest BCUT2D eigenvalue weighted by Gasteiger charge is 2.16. The molecule has 1 heterocycles. The molecular formula is C16H12ClN3O4. The summed E-state index contributed by atoms with van der Waals surface area (Å²) < 4.78 is 5.54. The van der Waals surface area contributed by atoms with Gasteiger partial charge in [0.25, 0.3) is 11.6 Å². The predicted molar refractivity (Wildman–Crippen MR) is 88.1 cm³/mol. The Morgan fingerprint density at radius 2 is 2.08 bits per heavy atom. The number of halogens is 1. The van der Waals surface area contributed by atoms with E-state index in [4.69, 9.17) is 21.3 Å². The second-order valence-corrected chi connectivity index (χ2v) is 5.40. The highest BCUT2D eigenvalue weighted by atomic mass is 35.5. The fraction of sp³-hybridized carbons (Fsp3) is 0.125. The van der Waals surface area contributed by atoms with Crippen molar-refractivity contribution in [1.82, 2.24) is 4.90 Å². The number of nitriles is 1. The lowest BCUT2D eigenvalue weighted by Crippen LogP contribution is -2.22. The molecule has 0 fully saturated rings. The van der Waals surface area contributed by atoms with Crippen LogP contribution in [0.3, 0.4) is 0 Å². The van der Waals surface area contributed by atoms with Gasteiger partial charge in [-0.05, 0) is 24.3 Å². The van der Waals surface area contributed by atoms with Gasteiger partial charge in [-0.1, -0.05) is 11.6 Å². The lowest BCUT2D eigenvalue weighted by Gasteiger charge is -2.07. The minimum atomic E-state index is -0.584. The van der Waals surface area contributed by atoms with Gasteiger partial charge in [0.2, 0.25) is 0 Å². The zero-order chi connectivity index (χ0) is 17.9. The van der Waals surface area contributed by atoms with Crippen molar-refractivity contribution in [3.63, 3.8) is 0 Å². The van der Waals surface area contributed by atoms with Gasteiger partial charge in [0.1, 0.15) is 28.2 Å². The van der Waals surface area contributed by atoms with Crippen LogP contribution in [-0.2, 0) is 4.79 Å². The number of amides is 1. The van der Waals surface area contributed by atoms with Crippen molar-refractivity contribution in [3.8, 4) is 17.4 Å². The molecule has 1 aromatic carbocycles. The molecule has 0 N–H and O–H groups in total. The molecule has 0 aliphatic rings. The number of nitro groups is 1. The van der Waals surface area contributed by atoms with Gasteiger partial charge in [-0.15, -0.1) is 0 Å². The van der Waals surface area contributed by atoms with Crippen molar-refractivity contribution >= 4 is 29.3 Å². The van der Waals surface area contributed by atoms with Crippen LogP contribution in [0.25, 0.3) is 17.4 Å². The molecule has 0 spiro atoms. The molecule has 1 aromatic heterocycles. The molecule has 7 nitrogen and oxygen atoms in total. The maximum Gasteiger partial charge on any atom is 0.288 e. The standard InChI is InChI=1S/C16H12ClN3O4/c1-19(2)16(21)11(9-18)7-12-4-6-15(24-12)10-3-5-13(17)14(8-10)20(22)23/h3-8H,1-2H3/b11-7+. The predicted octanol–water partition coefficient (Wildman–Crippen LogP) is 3.50. The van der Waals surface area contributed by atoms with Gasteiger partial charge >= 0.3 is 0 Å². The molecule has 0 aliphatic carbocycles. The summed E-state index contributed by atoms with van der Waals surface area (Å²) in [7, 11) is 3.07. The summed E-state index contributed by atoms with van der Waals surface area (Å²) in [5, 5.41) is 20.0. The molecule has 0 saturated heterocycles. The van der Waals surface area contributed by atoms with Crippen LogP contribution in [0.2, 0.25) is 5.02 Å². The number of carbonyl (C=O) groups excluding carboxylic acids is 1.